The largest absolute Gasteiger partial charge is 0.139 e. The molecule has 0 nitrogen and oxygen atoms in total. The Morgan fingerprint density at radius 2 is 1.08 bits per heavy atom. The fourth-order valence-corrected chi connectivity index (χ4v) is 1.48. The van der Waals surface area contributed by atoms with Crippen molar-refractivity contribution in [2.24, 2.45) is 0 Å². The van der Waals surface area contributed by atoms with Crippen LogP contribution in [0.5, 0.6) is 0 Å². The fourth-order valence-electron chi connectivity index (χ4n) is 1.48. The highest BCUT2D eigenvalue weighted by Gasteiger charge is 1.92. The van der Waals surface area contributed by atoms with Gasteiger partial charge in [0, 0.05) is 0 Å². The lowest BCUT2D eigenvalue weighted by molar-refractivity contribution is 1.83. The maximum Gasteiger partial charge on any atom is 0.139 e. The first kappa shape index (κ1) is 7.48. The lowest BCUT2D eigenvalue weighted by Gasteiger charge is -2.00. The molecule has 0 saturated heterocycles. The van der Waals surface area contributed by atoms with Crippen LogP contribution in [0.1, 0.15) is 0 Å². The van der Waals surface area contributed by atoms with Crippen LogP contribution in [-0.4, -0.2) is 15.7 Å². The molecule has 0 amide bonds. The number of hydrogen-bond donors (Lipinski definition) is 0. The molecule has 0 spiro atoms. The van der Waals surface area contributed by atoms with Gasteiger partial charge in [-0.15, -0.1) is 0 Å². The Bertz CT molecular complexity index is 380. The Morgan fingerprint density at radius 3 is 1.50 bits per heavy atom. The Labute approximate surface area is 74.4 Å². The summed E-state index contributed by atoms with van der Waals surface area (Å²) in [7, 11) is 4.25. The van der Waals surface area contributed by atoms with Gasteiger partial charge in [0.1, 0.15) is 15.7 Å². The van der Waals surface area contributed by atoms with Crippen molar-refractivity contribution in [3.05, 3.63) is 36.4 Å². The molecule has 0 aliphatic carbocycles. The third-order valence-corrected chi connectivity index (χ3v) is 2.15. The van der Waals surface area contributed by atoms with Crippen LogP contribution in [0.3, 0.4) is 0 Å². The molecule has 12 heavy (non-hydrogen) atoms. The number of fused-ring (bicyclic) bond motifs is 1. The number of benzene rings is 2. The molecular formula is C10H10B2. The predicted octanol–water partition coefficient (Wildman–Crippen LogP) is -0.643. The molecule has 0 fully saturated rings. The maximum absolute atomic E-state index is 2.22. The van der Waals surface area contributed by atoms with Crippen molar-refractivity contribution in [1.29, 1.82) is 0 Å². The van der Waals surface area contributed by atoms with E-state index in [-0.39, 0.29) is 0 Å². The molecular weight excluding hydrogens is 142 g/mol. The van der Waals surface area contributed by atoms with E-state index in [1.54, 1.807) is 0 Å². The van der Waals surface area contributed by atoms with Gasteiger partial charge in [0.15, 0.2) is 0 Å². The summed E-state index contributed by atoms with van der Waals surface area (Å²) >= 11 is 0. The molecule has 0 unspecified atom stereocenters. The Balaban J connectivity index is 2.79. The summed E-state index contributed by atoms with van der Waals surface area (Å²) < 4.78 is 0. The van der Waals surface area contributed by atoms with Crippen LogP contribution in [0.25, 0.3) is 10.8 Å². The van der Waals surface area contributed by atoms with Gasteiger partial charge in [-0.1, -0.05) is 47.3 Å². The van der Waals surface area contributed by atoms with Crippen LogP contribution in [0.4, 0.5) is 0 Å². The van der Waals surface area contributed by atoms with E-state index < -0.39 is 0 Å². The predicted molar refractivity (Wildman–Crippen MR) is 60.3 cm³/mol. The number of hydrogen-bond acceptors (Lipinski definition) is 0. The monoisotopic (exact) mass is 152 g/mol. The first-order valence-corrected chi connectivity index (χ1v) is 4.23. The van der Waals surface area contributed by atoms with Gasteiger partial charge in [0.2, 0.25) is 0 Å². The summed E-state index contributed by atoms with van der Waals surface area (Å²) in [5, 5.41) is 2.67. The van der Waals surface area contributed by atoms with Gasteiger partial charge in [0.05, 0.1) is 0 Å². The van der Waals surface area contributed by atoms with E-state index >= 15 is 0 Å². The van der Waals surface area contributed by atoms with Gasteiger partial charge in [0.25, 0.3) is 0 Å². The van der Waals surface area contributed by atoms with E-state index in [0.29, 0.717) is 0 Å². The second kappa shape index (κ2) is 2.71. The normalized spacial score (nSPS) is 10.3. The van der Waals surface area contributed by atoms with Crippen molar-refractivity contribution in [3.8, 4) is 0 Å². The third-order valence-electron chi connectivity index (χ3n) is 2.15. The van der Waals surface area contributed by atoms with Gasteiger partial charge in [-0.05, 0) is 10.8 Å². The molecule has 0 aromatic heterocycles. The van der Waals surface area contributed by atoms with E-state index in [2.05, 4.69) is 52.1 Å². The van der Waals surface area contributed by atoms with Gasteiger partial charge in [-0.2, -0.15) is 0 Å². The standard InChI is InChI=1S/C10H10B2/c11-9-3-1-7-5-10(12)4-2-8(7)6-9/h1-6H,11-12H2. The van der Waals surface area contributed by atoms with Crippen molar-refractivity contribution in [3.63, 3.8) is 0 Å². The summed E-state index contributed by atoms with van der Waals surface area (Å²) in [4.78, 5) is 0. The molecule has 0 heterocycles. The summed E-state index contributed by atoms with van der Waals surface area (Å²) in [6, 6.07) is 13.1. The van der Waals surface area contributed by atoms with Crippen molar-refractivity contribution in [1.82, 2.24) is 0 Å². The van der Waals surface area contributed by atoms with E-state index in [1.165, 1.54) is 21.7 Å². The SMILES string of the molecule is Bc1ccc2cc(B)ccc2c1. The summed E-state index contributed by atoms with van der Waals surface area (Å²) in [5.41, 5.74) is 2.65. The van der Waals surface area contributed by atoms with Gasteiger partial charge in [-0.3, -0.25) is 0 Å². The first-order chi connectivity index (χ1) is 5.75. The third kappa shape index (κ3) is 1.25. The van der Waals surface area contributed by atoms with Gasteiger partial charge in [-0.25, -0.2) is 0 Å². The smallest absolute Gasteiger partial charge is 0.0883 e. The molecule has 56 valence electrons. The highest BCUT2D eigenvalue weighted by molar-refractivity contribution is 6.34. The van der Waals surface area contributed by atoms with E-state index in [4.69, 9.17) is 0 Å². The van der Waals surface area contributed by atoms with Crippen molar-refractivity contribution >= 4 is 37.4 Å². The minimum atomic E-state index is 1.33. The fraction of sp³-hybridized carbons (Fsp3) is 0. The average Bonchev–Trinajstić information content (AvgIpc) is 2.05. The maximum atomic E-state index is 2.22. The average molecular weight is 152 g/mol. The van der Waals surface area contributed by atoms with E-state index in [0.717, 1.165) is 0 Å². The van der Waals surface area contributed by atoms with Gasteiger partial charge < -0.3 is 0 Å². The minimum Gasteiger partial charge on any atom is -0.0883 e. The van der Waals surface area contributed by atoms with Crippen LogP contribution >= 0.6 is 0 Å². The van der Waals surface area contributed by atoms with Crippen molar-refractivity contribution < 1.29 is 0 Å². The molecule has 0 bridgehead atoms. The zero-order chi connectivity index (χ0) is 8.55. The van der Waals surface area contributed by atoms with Crippen LogP contribution in [-0.2, 0) is 0 Å². The van der Waals surface area contributed by atoms with E-state index in [1.807, 2.05) is 0 Å². The highest BCUT2D eigenvalue weighted by atomic mass is 13.9. The molecule has 0 aliphatic rings. The molecule has 0 aliphatic heterocycles. The summed E-state index contributed by atoms with van der Waals surface area (Å²) in [5.74, 6) is 0. The Hall–Kier alpha value is -1.17. The van der Waals surface area contributed by atoms with Crippen LogP contribution in [0.2, 0.25) is 0 Å². The molecule has 0 atom stereocenters. The van der Waals surface area contributed by atoms with Crippen LogP contribution < -0.4 is 10.9 Å². The number of rotatable bonds is 0. The summed E-state index contributed by atoms with van der Waals surface area (Å²) in [6.45, 7) is 0. The van der Waals surface area contributed by atoms with Crippen LogP contribution in [0, 0.1) is 0 Å². The lowest BCUT2D eigenvalue weighted by Crippen LogP contribution is -2.03. The van der Waals surface area contributed by atoms with Crippen molar-refractivity contribution in [2.75, 3.05) is 0 Å². The van der Waals surface area contributed by atoms with Gasteiger partial charge >= 0.3 is 0 Å². The molecule has 2 heteroatoms. The Kier molecular flexibility index (Phi) is 1.69. The zero-order valence-electron chi connectivity index (χ0n) is 7.46. The van der Waals surface area contributed by atoms with Crippen LogP contribution in [0.15, 0.2) is 36.4 Å². The Morgan fingerprint density at radius 1 is 0.667 bits per heavy atom. The van der Waals surface area contributed by atoms with E-state index in [9.17, 15) is 0 Å². The second-order valence-corrected chi connectivity index (χ2v) is 3.35. The summed E-state index contributed by atoms with van der Waals surface area (Å²) in [6.07, 6.45) is 0. The molecule has 0 saturated carbocycles. The highest BCUT2D eigenvalue weighted by Crippen LogP contribution is 2.08. The lowest BCUT2D eigenvalue weighted by atomic mass is 9.90. The second-order valence-electron chi connectivity index (χ2n) is 3.35. The van der Waals surface area contributed by atoms with Crippen molar-refractivity contribution in [2.45, 2.75) is 0 Å². The molecule has 0 radical (unpaired) electrons. The molecule has 0 N–H and O–H groups in total. The molecule has 2 aromatic rings. The topological polar surface area (TPSA) is 0 Å². The quantitative estimate of drug-likeness (QED) is 0.440. The minimum absolute atomic E-state index is 1.33. The molecule has 2 aromatic carbocycles. The first-order valence-electron chi connectivity index (χ1n) is 4.23. The molecule has 2 rings (SSSR count). The zero-order valence-corrected chi connectivity index (χ0v) is 7.46.